The Morgan fingerprint density at radius 2 is 1.80 bits per heavy atom. The van der Waals surface area contributed by atoms with E-state index in [4.69, 9.17) is 4.74 Å². The minimum Gasteiger partial charge on any atom is -0.426 e. The molecule has 3 heteroatoms. The zero-order valence-electron chi connectivity index (χ0n) is 8.41. The van der Waals surface area contributed by atoms with Crippen LogP contribution in [0.3, 0.4) is 0 Å². The van der Waals surface area contributed by atoms with E-state index in [1.807, 2.05) is 0 Å². The zero-order chi connectivity index (χ0) is 10.7. The summed E-state index contributed by atoms with van der Waals surface area (Å²) in [5, 5.41) is 0. The van der Waals surface area contributed by atoms with Crippen LogP contribution < -0.4 is 4.74 Å². The van der Waals surface area contributed by atoms with Gasteiger partial charge in [-0.3, -0.25) is 4.79 Å². The second-order valence-corrected chi connectivity index (χ2v) is 3.86. The highest BCUT2D eigenvalue weighted by molar-refractivity contribution is 5.75. The van der Waals surface area contributed by atoms with Gasteiger partial charge in [0, 0.05) is 0 Å². The molecule has 2 nitrogen and oxygen atoms in total. The van der Waals surface area contributed by atoms with E-state index in [9.17, 15) is 9.18 Å². The van der Waals surface area contributed by atoms with Gasteiger partial charge in [0.1, 0.15) is 11.6 Å². The summed E-state index contributed by atoms with van der Waals surface area (Å²) in [7, 11) is 0. The lowest BCUT2D eigenvalue weighted by Crippen LogP contribution is -2.17. The van der Waals surface area contributed by atoms with Crippen molar-refractivity contribution in [2.24, 2.45) is 5.92 Å². The van der Waals surface area contributed by atoms with Crippen LogP contribution in [0.1, 0.15) is 25.7 Å². The first kappa shape index (κ1) is 10.1. The molecule has 0 saturated heterocycles. The Morgan fingerprint density at radius 1 is 1.20 bits per heavy atom. The molecule has 15 heavy (non-hydrogen) atoms. The summed E-state index contributed by atoms with van der Waals surface area (Å²) in [6, 6.07) is 5.53. The Bertz CT molecular complexity index is 339. The van der Waals surface area contributed by atoms with Crippen molar-refractivity contribution in [1.29, 1.82) is 0 Å². The van der Waals surface area contributed by atoms with Crippen LogP contribution in [0.25, 0.3) is 0 Å². The molecular formula is C12H13FO2. The van der Waals surface area contributed by atoms with Crippen LogP contribution in [0.15, 0.2) is 24.3 Å². The van der Waals surface area contributed by atoms with Crippen LogP contribution in [0, 0.1) is 11.7 Å². The number of benzene rings is 1. The van der Waals surface area contributed by atoms with E-state index >= 15 is 0 Å². The number of carbonyl (C=O) groups is 1. The van der Waals surface area contributed by atoms with Gasteiger partial charge in [-0.2, -0.15) is 0 Å². The highest BCUT2D eigenvalue weighted by Gasteiger charge is 2.24. The highest BCUT2D eigenvalue weighted by Crippen LogP contribution is 2.26. The third-order valence-corrected chi connectivity index (χ3v) is 2.72. The van der Waals surface area contributed by atoms with Crippen molar-refractivity contribution >= 4 is 5.97 Å². The summed E-state index contributed by atoms with van der Waals surface area (Å²) in [6.45, 7) is 0. The maximum Gasteiger partial charge on any atom is 0.314 e. The summed E-state index contributed by atoms with van der Waals surface area (Å²) >= 11 is 0. The molecule has 1 aliphatic rings. The zero-order valence-corrected chi connectivity index (χ0v) is 8.41. The lowest BCUT2D eigenvalue weighted by atomic mass is 10.1. The molecule has 0 spiro atoms. The van der Waals surface area contributed by atoms with Gasteiger partial charge in [0.05, 0.1) is 5.92 Å². The molecule has 1 fully saturated rings. The second-order valence-electron chi connectivity index (χ2n) is 3.86. The quantitative estimate of drug-likeness (QED) is 0.551. The molecule has 0 radical (unpaired) electrons. The lowest BCUT2D eigenvalue weighted by Gasteiger charge is -2.08. The summed E-state index contributed by atoms with van der Waals surface area (Å²) in [5.41, 5.74) is 0. The number of esters is 1. The predicted octanol–water partition coefficient (Wildman–Crippen LogP) is 2.92. The number of hydrogen-bond acceptors (Lipinski definition) is 2. The third kappa shape index (κ3) is 2.55. The monoisotopic (exact) mass is 208 g/mol. The van der Waals surface area contributed by atoms with Crippen LogP contribution >= 0.6 is 0 Å². The fourth-order valence-electron chi connectivity index (χ4n) is 1.86. The van der Waals surface area contributed by atoms with Crippen LogP contribution in [0.2, 0.25) is 0 Å². The molecule has 0 amide bonds. The molecule has 80 valence electrons. The van der Waals surface area contributed by atoms with Gasteiger partial charge >= 0.3 is 5.97 Å². The maximum absolute atomic E-state index is 12.6. The van der Waals surface area contributed by atoms with Gasteiger partial charge < -0.3 is 4.74 Å². The Balaban J connectivity index is 1.96. The molecule has 0 heterocycles. The van der Waals surface area contributed by atoms with Crippen molar-refractivity contribution in [3.63, 3.8) is 0 Å². The maximum atomic E-state index is 12.6. The summed E-state index contributed by atoms with van der Waals surface area (Å²) in [6.07, 6.45) is 4.03. The van der Waals surface area contributed by atoms with E-state index in [1.165, 1.54) is 24.3 Å². The molecule has 1 saturated carbocycles. The van der Waals surface area contributed by atoms with Crippen molar-refractivity contribution in [3.8, 4) is 5.75 Å². The Labute approximate surface area is 88.1 Å². The van der Waals surface area contributed by atoms with Crippen molar-refractivity contribution < 1.29 is 13.9 Å². The van der Waals surface area contributed by atoms with Crippen LogP contribution in [0.5, 0.6) is 5.75 Å². The summed E-state index contributed by atoms with van der Waals surface area (Å²) in [5.74, 6) is -0.0434. The molecule has 1 aromatic rings. The number of ether oxygens (including phenoxy) is 1. The average Bonchev–Trinajstić information content (AvgIpc) is 2.74. The molecule has 2 rings (SSSR count). The van der Waals surface area contributed by atoms with E-state index in [1.54, 1.807) is 0 Å². The van der Waals surface area contributed by atoms with Gasteiger partial charge in [-0.05, 0) is 37.1 Å². The van der Waals surface area contributed by atoms with Gasteiger partial charge in [0.15, 0.2) is 0 Å². The standard InChI is InChI=1S/C12H13FO2/c13-10-5-7-11(8-6-10)15-12(14)9-3-1-2-4-9/h5-9H,1-4H2. The third-order valence-electron chi connectivity index (χ3n) is 2.72. The van der Waals surface area contributed by atoms with Gasteiger partial charge in [-0.1, -0.05) is 12.8 Å². The molecule has 0 N–H and O–H groups in total. The molecule has 1 aliphatic carbocycles. The molecule has 0 atom stereocenters. The lowest BCUT2D eigenvalue weighted by molar-refractivity contribution is -0.138. The van der Waals surface area contributed by atoms with Gasteiger partial charge in [0.2, 0.25) is 0 Å². The normalized spacial score (nSPS) is 16.6. The van der Waals surface area contributed by atoms with Crippen molar-refractivity contribution in [1.82, 2.24) is 0 Å². The molecular weight excluding hydrogens is 195 g/mol. The Hall–Kier alpha value is -1.38. The first-order valence-electron chi connectivity index (χ1n) is 5.23. The Morgan fingerprint density at radius 3 is 2.40 bits per heavy atom. The first-order chi connectivity index (χ1) is 7.25. The van der Waals surface area contributed by atoms with Crippen LogP contribution in [-0.4, -0.2) is 5.97 Å². The van der Waals surface area contributed by atoms with E-state index in [2.05, 4.69) is 0 Å². The predicted molar refractivity (Wildman–Crippen MR) is 54.0 cm³/mol. The van der Waals surface area contributed by atoms with Crippen molar-refractivity contribution in [2.75, 3.05) is 0 Å². The SMILES string of the molecule is O=C(Oc1ccc(F)cc1)C1CCCC1. The second kappa shape index (κ2) is 4.43. The first-order valence-corrected chi connectivity index (χ1v) is 5.23. The molecule has 0 bridgehead atoms. The minimum atomic E-state index is -0.323. The van der Waals surface area contributed by atoms with E-state index in [-0.39, 0.29) is 17.7 Å². The Kier molecular flexibility index (Phi) is 2.99. The van der Waals surface area contributed by atoms with Crippen molar-refractivity contribution in [2.45, 2.75) is 25.7 Å². The highest BCUT2D eigenvalue weighted by atomic mass is 19.1. The summed E-state index contributed by atoms with van der Waals surface area (Å²) in [4.78, 5) is 11.6. The number of hydrogen-bond donors (Lipinski definition) is 0. The van der Waals surface area contributed by atoms with Crippen LogP contribution in [-0.2, 0) is 4.79 Å². The fraction of sp³-hybridized carbons (Fsp3) is 0.417. The van der Waals surface area contributed by atoms with E-state index in [0.717, 1.165) is 25.7 Å². The summed E-state index contributed by atoms with van der Waals surface area (Å²) < 4.78 is 17.7. The topological polar surface area (TPSA) is 26.3 Å². The largest absolute Gasteiger partial charge is 0.426 e. The molecule has 0 aliphatic heterocycles. The van der Waals surface area contributed by atoms with Gasteiger partial charge in [0.25, 0.3) is 0 Å². The van der Waals surface area contributed by atoms with Gasteiger partial charge in [-0.15, -0.1) is 0 Å². The molecule has 0 aromatic heterocycles. The van der Waals surface area contributed by atoms with Gasteiger partial charge in [-0.25, -0.2) is 4.39 Å². The van der Waals surface area contributed by atoms with Crippen LogP contribution in [0.4, 0.5) is 4.39 Å². The number of carbonyl (C=O) groups excluding carboxylic acids is 1. The van der Waals surface area contributed by atoms with E-state index in [0.29, 0.717) is 5.75 Å². The average molecular weight is 208 g/mol. The fourth-order valence-corrected chi connectivity index (χ4v) is 1.86. The smallest absolute Gasteiger partial charge is 0.314 e. The molecule has 1 aromatic carbocycles. The van der Waals surface area contributed by atoms with Crippen molar-refractivity contribution in [3.05, 3.63) is 30.1 Å². The number of rotatable bonds is 2. The van der Waals surface area contributed by atoms with E-state index < -0.39 is 0 Å². The number of halogens is 1. The minimum absolute atomic E-state index is 0.0371. The molecule has 0 unspecified atom stereocenters.